The number of nitrogens with one attached hydrogen (secondary N) is 1. The molecule has 0 aliphatic heterocycles. The third-order valence-electron chi connectivity index (χ3n) is 6.62. The highest BCUT2D eigenvalue weighted by molar-refractivity contribution is 7.92. The maximum absolute atomic E-state index is 14.1. The maximum Gasteiger partial charge on any atom is 0.264 e. The van der Waals surface area contributed by atoms with Gasteiger partial charge < -0.3 is 15.0 Å². The van der Waals surface area contributed by atoms with Gasteiger partial charge in [0, 0.05) is 18.1 Å². The summed E-state index contributed by atoms with van der Waals surface area (Å²) in [6.07, 6.45) is 0.336. The summed E-state index contributed by atoms with van der Waals surface area (Å²) in [6, 6.07) is 17.7. The quantitative estimate of drug-likeness (QED) is 0.319. The molecular formula is C30H36ClN3O5S. The number of hydrogen-bond acceptors (Lipinski definition) is 5. The zero-order valence-electron chi connectivity index (χ0n) is 23.5. The van der Waals surface area contributed by atoms with E-state index in [0.717, 1.165) is 15.4 Å². The van der Waals surface area contributed by atoms with Crippen LogP contribution in [-0.4, -0.2) is 51.4 Å². The normalized spacial score (nSPS) is 11.9. The molecule has 0 saturated carbocycles. The van der Waals surface area contributed by atoms with Crippen LogP contribution in [0.2, 0.25) is 5.02 Å². The number of methoxy groups -OCH3 is 1. The van der Waals surface area contributed by atoms with Crippen LogP contribution in [0.15, 0.2) is 71.6 Å². The van der Waals surface area contributed by atoms with Gasteiger partial charge in [-0.2, -0.15) is 0 Å². The van der Waals surface area contributed by atoms with E-state index in [2.05, 4.69) is 5.32 Å². The summed E-state index contributed by atoms with van der Waals surface area (Å²) < 4.78 is 34.4. The molecule has 3 aromatic rings. The Morgan fingerprint density at radius 3 is 2.30 bits per heavy atom. The zero-order chi connectivity index (χ0) is 29.4. The number of rotatable bonds is 12. The second-order valence-corrected chi connectivity index (χ2v) is 11.7. The van der Waals surface area contributed by atoms with Crippen molar-refractivity contribution in [2.75, 3.05) is 24.5 Å². The van der Waals surface area contributed by atoms with E-state index in [1.54, 1.807) is 69.5 Å². The molecule has 1 unspecified atom stereocenters. The molecule has 0 saturated heterocycles. The van der Waals surface area contributed by atoms with Crippen molar-refractivity contribution in [1.82, 2.24) is 10.2 Å². The van der Waals surface area contributed by atoms with Gasteiger partial charge in [-0.3, -0.25) is 13.9 Å². The average Bonchev–Trinajstić information content (AvgIpc) is 2.93. The molecule has 1 atom stereocenters. The first-order valence-electron chi connectivity index (χ1n) is 13.1. The predicted octanol–water partition coefficient (Wildman–Crippen LogP) is 5.10. The summed E-state index contributed by atoms with van der Waals surface area (Å²) in [7, 11) is -2.63. The molecule has 8 nitrogen and oxygen atoms in total. The second-order valence-electron chi connectivity index (χ2n) is 9.40. The molecular weight excluding hydrogens is 550 g/mol. The van der Waals surface area contributed by atoms with E-state index in [0.29, 0.717) is 29.3 Å². The van der Waals surface area contributed by atoms with Crippen LogP contribution in [0.3, 0.4) is 0 Å². The number of halogens is 1. The van der Waals surface area contributed by atoms with Gasteiger partial charge in [0.2, 0.25) is 11.8 Å². The van der Waals surface area contributed by atoms with Crippen molar-refractivity contribution >= 4 is 39.1 Å². The number of carbonyl (C=O) groups excluding carboxylic acids is 2. The summed E-state index contributed by atoms with van der Waals surface area (Å²) in [5, 5.41) is 3.17. The minimum absolute atomic E-state index is 0.0420. The molecule has 2 amide bonds. The Morgan fingerprint density at radius 1 is 1.00 bits per heavy atom. The molecule has 0 heterocycles. The van der Waals surface area contributed by atoms with Crippen molar-refractivity contribution in [2.24, 2.45) is 0 Å². The van der Waals surface area contributed by atoms with Crippen molar-refractivity contribution in [3.05, 3.63) is 88.4 Å². The van der Waals surface area contributed by atoms with Crippen LogP contribution in [0.25, 0.3) is 0 Å². The lowest BCUT2D eigenvalue weighted by Gasteiger charge is -2.33. The summed E-state index contributed by atoms with van der Waals surface area (Å²) in [6.45, 7) is 7.13. The minimum Gasteiger partial charge on any atom is -0.497 e. The molecule has 0 radical (unpaired) electrons. The fourth-order valence-corrected chi connectivity index (χ4v) is 6.04. The van der Waals surface area contributed by atoms with Gasteiger partial charge in [-0.25, -0.2) is 8.42 Å². The first-order chi connectivity index (χ1) is 19.0. The van der Waals surface area contributed by atoms with Crippen LogP contribution in [0.5, 0.6) is 5.75 Å². The molecule has 0 aliphatic carbocycles. The lowest BCUT2D eigenvalue weighted by Crippen LogP contribution is -2.52. The van der Waals surface area contributed by atoms with E-state index in [1.165, 1.54) is 17.0 Å². The van der Waals surface area contributed by atoms with Gasteiger partial charge in [0.1, 0.15) is 18.3 Å². The lowest BCUT2D eigenvalue weighted by molar-refractivity contribution is -0.140. The van der Waals surface area contributed by atoms with Crippen molar-refractivity contribution in [1.29, 1.82) is 0 Å². The number of likely N-dealkylation sites (N-methyl/N-ethyl adjacent to an activating group) is 1. The standard InChI is InChI=1S/C30H36ClN3O5S/c1-6-27(30(36)32-7-2)33(19-23-10-8-11-24(18-23)39-5)29(35)20-34(28-13-9-12-26(31)22(28)4)40(37,38)25-16-14-21(3)15-17-25/h8-18,27H,6-7,19-20H2,1-5H3,(H,32,36). The first-order valence-corrected chi connectivity index (χ1v) is 14.9. The number of benzene rings is 3. The predicted molar refractivity (Wildman–Crippen MR) is 158 cm³/mol. The van der Waals surface area contributed by atoms with E-state index < -0.39 is 28.5 Å². The summed E-state index contributed by atoms with van der Waals surface area (Å²) in [4.78, 5) is 28.6. The van der Waals surface area contributed by atoms with E-state index in [4.69, 9.17) is 16.3 Å². The van der Waals surface area contributed by atoms with Crippen LogP contribution in [0.4, 0.5) is 5.69 Å². The molecule has 0 bridgehead atoms. The van der Waals surface area contributed by atoms with Gasteiger partial charge in [-0.1, -0.05) is 54.4 Å². The molecule has 40 heavy (non-hydrogen) atoms. The summed E-state index contributed by atoms with van der Waals surface area (Å²) in [5.74, 6) is -0.238. The van der Waals surface area contributed by atoms with Gasteiger partial charge in [-0.15, -0.1) is 0 Å². The third-order valence-corrected chi connectivity index (χ3v) is 8.80. The first kappa shape index (κ1) is 31.0. The summed E-state index contributed by atoms with van der Waals surface area (Å²) in [5.41, 5.74) is 2.44. The van der Waals surface area contributed by atoms with Crippen LogP contribution >= 0.6 is 11.6 Å². The molecule has 1 N–H and O–H groups in total. The Labute approximate surface area is 241 Å². The second kappa shape index (κ2) is 13.7. The van der Waals surface area contributed by atoms with Crippen LogP contribution in [-0.2, 0) is 26.2 Å². The topological polar surface area (TPSA) is 96.0 Å². The van der Waals surface area contributed by atoms with Gasteiger partial charge in [0.05, 0.1) is 17.7 Å². The zero-order valence-corrected chi connectivity index (χ0v) is 25.1. The summed E-state index contributed by atoms with van der Waals surface area (Å²) >= 11 is 6.38. The Kier molecular flexibility index (Phi) is 10.6. The Hall–Kier alpha value is -3.56. The van der Waals surface area contributed by atoms with E-state index in [-0.39, 0.29) is 23.0 Å². The third kappa shape index (κ3) is 7.14. The van der Waals surface area contributed by atoms with Gasteiger partial charge in [0.15, 0.2) is 0 Å². The number of anilines is 1. The van der Waals surface area contributed by atoms with E-state index >= 15 is 0 Å². The van der Waals surface area contributed by atoms with Gasteiger partial charge in [0.25, 0.3) is 10.0 Å². The smallest absolute Gasteiger partial charge is 0.264 e. The highest BCUT2D eigenvalue weighted by Crippen LogP contribution is 2.31. The van der Waals surface area contributed by atoms with Crippen molar-refractivity contribution in [2.45, 2.75) is 51.6 Å². The van der Waals surface area contributed by atoms with Gasteiger partial charge >= 0.3 is 0 Å². The lowest BCUT2D eigenvalue weighted by atomic mass is 10.1. The number of carbonyl (C=O) groups is 2. The average molecular weight is 586 g/mol. The van der Waals surface area contributed by atoms with Gasteiger partial charge in [-0.05, 0) is 74.7 Å². The Bertz CT molecular complexity index is 1440. The van der Waals surface area contributed by atoms with Crippen LogP contribution < -0.4 is 14.4 Å². The van der Waals surface area contributed by atoms with Crippen molar-refractivity contribution in [3.8, 4) is 5.75 Å². The number of nitrogens with zero attached hydrogens (tertiary/aromatic N) is 2. The number of amides is 2. The minimum atomic E-state index is -4.18. The molecule has 0 spiro atoms. The maximum atomic E-state index is 14.1. The molecule has 3 aromatic carbocycles. The SMILES string of the molecule is CCNC(=O)C(CC)N(Cc1cccc(OC)c1)C(=O)CN(c1cccc(Cl)c1C)S(=O)(=O)c1ccc(C)cc1. The molecule has 214 valence electrons. The number of hydrogen-bond donors (Lipinski definition) is 1. The molecule has 0 fully saturated rings. The number of ether oxygens (including phenoxy) is 1. The number of aryl methyl sites for hydroxylation is 1. The molecule has 10 heteroatoms. The Morgan fingerprint density at radius 2 is 1.68 bits per heavy atom. The van der Waals surface area contributed by atoms with E-state index in [1.807, 2.05) is 19.9 Å². The highest BCUT2D eigenvalue weighted by atomic mass is 35.5. The Balaban J connectivity index is 2.11. The van der Waals surface area contributed by atoms with Crippen molar-refractivity contribution < 1.29 is 22.7 Å². The molecule has 3 rings (SSSR count). The van der Waals surface area contributed by atoms with Crippen LogP contribution in [0.1, 0.15) is 37.0 Å². The monoisotopic (exact) mass is 585 g/mol. The fraction of sp³-hybridized carbons (Fsp3) is 0.333. The number of sulfonamides is 1. The van der Waals surface area contributed by atoms with E-state index in [9.17, 15) is 18.0 Å². The highest BCUT2D eigenvalue weighted by Gasteiger charge is 2.34. The van der Waals surface area contributed by atoms with Crippen molar-refractivity contribution in [3.63, 3.8) is 0 Å². The fourth-order valence-electron chi connectivity index (χ4n) is 4.40. The molecule has 0 aromatic heterocycles. The van der Waals surface area contributed by atoms with Crippen LogP contribution in [0, 0.1) is 13.8 Å². The molecule has 0 aliphatic rings. The largest absolute Gasteiger partial charge is 0.497 e.